The summed E-state index contributed by atoms with van der Waals surface area (Å²) in [5.74, 6) is 2.07. The molecule has 25 heavy (non-hydrogen) atoms. The van der Waals surface area contributed by atoms with Gasteiger partial charge in [-0.05, 0) is 61.4 Å². The fourth-order valence-corrected chi connectivity index (χ4v) is 3.74. The number of aromatic nitrogens is 4. The van der Waals surface area contributed by atoms with Crippen molar-refractivity contribution >= 4 is 17.0 Å². The van der Waals surface area contributed by atoms with Crippen LogP contribution in [0.1, 0.15) is 48.8 Å². The van der Waals surface area contributed by atoms with Crippen LogP contribution in [-0.4, -0.2) is 33.0 Å². The Morgan fingerprint density at radius 2 is 1.68 bits per heavy atom. The van der Waals surface area contributed by atoms with Crippen molar-refractivity contribution in [2.75, 3.05) is 18.0 Å². The van der Waals surface area contributed by atoms with E-state index in [4.69, 9.17) is 4.98 Å². The van der Waals surface area contributed by atoms with Crippen molar-refractivity contribution in [1.82, 2.24) is 19.9 Å². The molecule has 0 N–H and O–H groups in total. The SMILES string of the molecule is c1cnc(N2CCC(c3ccc4cc(C5CC5)cnc4n3)CC2)nc1. The number of rotatable bonds is 3. The van der Waals surface area contributed by atoms with E-state index in [1.165, 1.54) is 29.5 Å². The summed E-state index contributed by atoms with van der Waals surface area (Å²) in [7, 11) is 0. The largest absolute Gasteiger partial charge is 0.341 e. The maximum absolute atomic E-state index is 4.86. The van der Waals surface area contributed by atoms with Crippen LogP contribution >= 0.6 is 0 Å². The standard InChI is InChI=1S/C20H21N5/c1-8-21-20(22-9-1)25-10-6-15(7-11-25)18-5-4-16-12-17(14-2-3-14)13-23-19(16)24-18/h1,4-5,8-9,12-15H,2-3,6-7,10-11H2. The Morgan fingerprint density at radius 3 is 2.44 bits per heavy atom. The van der Waals surface area contributed by atoms with Gasteiger partial charge in [0.05, 0.1) is 0 Å². The smallest absolute Gasteiger partial charge is 0.225 e. The minimum atomic E-state index is 0.495. The summed E-state index contributed by atoms with van der Waals surface area (Å²) >= 11 is 0. The highest BCUT2D eigenvalue weighted by atomic mass is 15.2. The zero-order valence-electron chi connectivity index (χ0n) is 14.2. The van der Waals surface area contributed by atoms with Crippen LogP contribution < -0.4 is 4.90 Å². The van der Waals surface area contributed by atoms with Crippen molar-refractivity contribution in [2.24, 2.45) is 0 Å². The summed E-state index contributed by atoms with van der Waals surface area (Å²) in [4.78, 5) is 20.5. The summed E-state index contributed by atoms with van der Waals surface area (Å²) in [6.45, 7) is 1.95. The third-order valence-electron chi connectivity index (χ3n) is 5.38. The molecule has 0 aromatic carbocycles. The van der Waals surface area contributed by atoms with E-state index in [1.54, 1.807) is 12.4 Å². The van der Waals surface area contributed by atoms with Gasteiger partial charge in [-0.3, -0.25) is 0 Å². The lowest BCUT2D eigenvalue weighted by Crippen LogP contribution is -2.34. The van der Waals surface area contributed by atoms with Gasteiger partial charge in [0.25, 0.3) is 0 Å². The van der Waals surface area contributed by atoms with Crippen LogP contribution in [0.5, 0.6) is 0 Å². The number of hydrogen-bond donors (Lipinski definition) is 0. The molecule has 4 heterocycles. The number of hydrogen-bond acceptors (Lipinski definition) is 5. The molecule has 0 bridgehead atoms. The molecule has 0 atom stereocenters. The summed E-state index contributed by atoms with van der Waals surface area (Å²) in [6.07, 6.45) is 10.4. The second kappa shape index (κ2) is 6.06. The predicted octanol–water partition coefficient (Wildman–Crippen LogP) is 3.68. The van der Waals surface area contributed by atoms with E-state index in [0.717, 1.165) is 43.4 Å². The molecule has 1 aliphatic carbocycles. The summed E-state index contributed by atoms with van der Waals surface area (Å²) in [6, 6.07) is 8.52. The van der Waals surface area contributed by atoms with Crippen molar-refractivity contribution < 1.29 is 0 Å². The molecule has 1 saturated heterocycles. The van der Waals surface area contributed by atoms with Gasteiger partial charge in [0.1, 0.15) is 0 Å². The molecule has 0 unspecified atom stereocenters. The van der Waals surface area contributed by atoms with Crippen LogP contribution in [-0.2, 0) is 0 Å². The fraction of sp³-hybridized carbons (Fsp3) is 0.400. The molecule has 5 heteroatoms. The molecule has 0 radical (unpaired) electrons. The van der Waals surface area contributed by atoms with Gasteiger partial charge in [0.2, 0.25) is 5.95 Å². The third kappa shape index (κ3) is 2.95. The van der Waals surface area contributed by atoms with Crippen LogP contribution in [0.4, 0.5) is 5.95 Å². The summed E-state index contributed by atoms with van der Waals surface area (Å²) < 4.78 is 0. The van der Waals surface area contributed by atoms with Gasteiger partial charge in [-0.2, -0.15) is 0 Å². The van der Waals surface area contributed by atoms with Crippen LogP contribution in [0.25, 0.3) is 11.0 Å². The lowest BCUT2D eigenvalue weighted by atomic mass is 9.93. The van der Waals surface area contributed by atoms with Crippen molar-refractivity contribution in [3.05, 3.63) is 54.1 Å². The first-order valence-corrected chi connectivity index (χ1v) is 9.15. The minimum Gasteiger partial charge on any atom is -0.341 e. The molecule has 0 amide bonds. The average Bonchev–Trinajstić information content (AvgIpc) is 3.53. The minimum absolute atomic E-state index is 0.495. The summed E-state index contributed by atoms with van der Waals surface area (Å²) in [5, 5.41) is 1.17. The van der Waals surface area contributed by atoms with Gasteiger partial charge in [-0.1, -0.05) is 0 Å². The number of nitrogens with zero attached hydrogens (tertiary/aromatic N) is 5. The highest BCUT2D eigenvalue weighted by Crippen LogP contribution is 2.40. The Bertz CT molecular complexity index is 883. The van der Waals surface area contributed by atoms with Gasteiger partial charge < -0.3 is 4.90 Å². The molecule has 1 aliphatic heterocycles. The lowest BCUT2D eigenvalue weighted by Gasteiger charge is -2.31. The van der Waals surface area contributed by atoms with Gasteiger partial charge in [0, 0.05) is 48.7 Å². The Morgan fingerprint density at radius 1 is 0.880 bits per heavy atom. The van der Waals surface area contributed by atoms with E-state index in [1.807, 2.05) is 12.3 Å². The Hall–Kier alpha value is -2.56. The number of fused-ring (bicyclic) bond motifs is 1. The van der Waals surface area contributed by atoms with Crippen LogP contribution in [0.15, 0.2) is 42.9 Å². The molecule has 1 saturated carbocycles. The maximum Gasteiger partial charge on any atom is 0.225 e. The van der Waals surface area contributed by atoms with Crippen LogP contribution in [0.2, 0.25) is 0 Å². The lowest BCUT2D eigenvalue weighted by molar-refractivity contribution is 0.491. The number of anilines is 1. The molecule has 0 spiro atoms. The molecule has 2 aliphatic rings. The van der Waals surface area contributed by atoms with Crippen molar-refractivity contribution in [1.29, 1.82) is 0 Å². The highest BCUT2D eigenvalue weighted by molar-refractivity contribution is 5.75. The monoisotopic (exact) mass is 331 g/mol. The topological polar surface area (TPSA) is 54.8 Å². The van der Waals surface area contributed by atoms with Gasteiger partial charge in [-0.25, -0.2) is 19.9 Å². The van der Waals surface area contributed by atoms with E-state index in [2.05, 4.69) is 38.1 Å². The van der Waals surface area contributed by atoms with E-state index in [9.17, 15) is 0 Å². The summed E-state index contributed by atoms with van der Waals surface area (Å²) in [5.41, 5.74) is 3.43. The highest BCUT2D eigenvalue weighted by Gasteiger charge is 2.25. The Balaban J connectivity index is 1.33. The predicted molar refractivity (Wildman–Crippen MR) is 97.7 cm³/mol. The van der Waals surface area contributed by atoms with Gasteiger partial charge in [-0.15, -0.1) is 0 Å². The first kappa shape index (κ1) is 14.8. The second-order valence-corrected chi connectivity index (χ2v) is 7.14. The molecule has 3 aromatic heterocycles. The van der Waals surface area contributed by atoms with E-state index < -0.39 is 0 Å². The first-order chi connectivity index (χ1) is 12.4. The van der Waals surface area contributed by atoms with Crippen LogP contribution in [0.3, 0.4) is 0 Å². The second-order valence-electron chi connectivity index (χ2n) is 7.14. The molecular weight excluding hydrogens is 310 g/mol. The Labute approximate surface area is 147 Å². The zero-order chi connectivity index (χ0) is 16.6. The van der Waals surface area contributed by atoms with E-state index >= 15 is 0 Å². The van der Waals surface area contributed by atoms with Crippen molar-refractivity contribution in [3.8, 4) is 0 Å². The normalized spacial score (nSPS) is 18.6. The van der Waals surface area contributed by atoms with Crippen molar-refractivity contribution in [2.45, 2.75) is 37.5 Å². The Kier molecular flexibility index (Phi) is 3.58. The number of pyridine rings is 2. The third-order valence-corrected chi connectivity index (χ3v) is 5.38. The fourth-order valence-electron chi connectivity index (χ4n) is 3.74. The maximum atomic E-state index is 4.86. The first-order valence-electron chi connectivity index (χ1n) is 9.15. The molecule has 5 nitrogen and oxygen atoms in total. The van der Waals surface area contributed by atoms with E-state index in [0.29, 0.717) is 5.92 Å². The average molecular weight is 331 g/mol. The molecule has 5 rings (SSSR count). The zero-order valence-corrected chi connectivity index (χ0v) is 14.2. The molecular formula is C20H21N5. The quantitative estimate of drug-likeness (QED) is 0.733. The van der Waals surface area contributed by atoms with Crippen LogP contribution in [0, 0.1) is 0 Å². The van der Waals surface area contributed by atoms with Gasteiger partial charge in [0.15, 0.2) is 5.65 Å². The van der Waals surface area contributed by atoms with E-state index in [-0.39, 0.29) is 0 Å². The molecule has 2 fully saturated rings. The molecule has 3 aromatic rings. The number of piperidine rings is 1. The van der Waals surface area contributed by atoms with Crippen molar-refractivity contribution in [3.63, 3.8) is 0 Å². The van der Waals surface area contributed by atoms with Gasteiger partial charge >= 0.3 is 0 Å². The molecule has 126 valence electrons.